The maximum Gasteiger partial charge on any atom is 0.864 e. The minimum atomic E-state index is -1.16. The van der Waals surface area contributed by atoms with E-state index in [9.17, 15) is 0 Å². The molecule has 6 rings (SSSR count). The van der Waals surface area contributed by atoms with Crippen LogP contribution in [0, 0.1) is 0 Å². The fraction of sp³-hybridized carbons (Fsp3) is 0. The minimum Gasteiger partial charge on any atom is -0.489 e. The van der Waals surface area contributed by atoms with Gasteiger partial charge in [-0.05, 0) is 72.8 Å². The molecule has 0 amide bonds. The minimum absolute atomic E-state index is 0.492. The van der Waals surface area contributed by atoms with Gasteiger partial charge in [0.05, 0.1) is 0 Å². The molecule has 0 radical (unpaired) electrons. The molecule has 0 heterocycles. The van der Waals surface area contributed by atoms with Crippen LogP contribution in [0.25, 0.3) is 0 Å². The van der Waals surface area contributed by atoms with Crippen LogP contribution in [0.1, 0.15) is 0 Å². The van der Waals surface area contributed by atoms with E-state index in [0.717, 1.165) is 0 Å². The van der Waals surface area contributed by atoms with Crippen molar-refractivity contribution in [2.75, 3.05) is 0 Å². The van der Waals surface area contributed by atoms with Gasteiger partial charge >= 0.3 is 7.32 Å². The van der Waals surface area contributed by atoms with Crippen LogP contribution in [0.15, 0.2) is 164 Å². The molecule has 0 aliphatic heterocycles. The van der Waals surface area contributed by atoms with Crippen molar-refractivity contribution in [1.29, 1.82) is 0 Å². The van der Waals surface area contributed by atoms with Crippen molar-refractivity contribution >= 4 is 7.32 Å². The van der Waals surface area contributed by atoms with Gasteiger partial charge in [0.15, 0.2) is 0 Å². The molecule has 43 heavy (non-hydrogen) atoms. The highest BCUT2D eigenvalue weighted by atomic mass is 16.7. The van der Waals surface area contributed by atoms with Crippen molar-refractivity contribution in [2.45, 2.75) is 0 Å². The Kier molecular flexibility index (Phi) is 8.72. The summed E-state index contributed by atoms with van der Waals surface area (Å²) in [6.07, 6.45) is 0. The van der Waals surface area contributed by atoms with Gasteiger partial charge in [-0.2, -0.15) is 0 Å². The third-order valence-electron chi connectivity index (χ3n) is 6.05. The Bertz CT molecular complexity index is 1520. The first-order chi connectivity index (χ1) is 21.2. The van der Waals surface area contributed by atoms with E-state index in [-0.39, 0.29) is 0 Å². The molecule has 6 aromatic rings. The van der Waals surface area contributed by atoms with Crippen LogP contribution in [0.2, 0.25) is 0 Å². The maximum atomic E-state index is 6.21. The molecule has 0 fully saturated rings. The zero-order valence-electron chi connectivity index (χ0n) is 23.1. The molecule has 0 aliphatic rings. The van der Waals surface area contributed by atoms with Crippen LogP contribution in [0.3, 0.4) is 0 Å². The summed E-state index contributed by atoms with van der Waals surface area (Å²) in [6, 6.07) is 50.4. The Labute approximate surface area is 250 Å². The lowest BCUT2D eigenvalue weighted by atomic mass is 10.2. The lowest BCUT2D eigenvalue weighted by Crippen LogP contribution is -2.37. The molecule has 6 aromatic carbocycles. The fourth-order valence-electron chi connectivity index (χ4n) is 4.11. The first kappa shape index (κ1) is 27.4. The third kappa shape index (κ3) is 8.12. The van der Waals surface area contributed by atoms with Gasteiger partial charge < -0.3 is 28.2 Å². The smallest absolute Gasteiger partial charge is 0.489 e. The van der Waals surface area contributed by atoms with E-state index >= 15 is 0 Å². The first-order valence-electron chi connectivity index (χ1n) is 13.7. The number of benzene rings is 6. The molecule has 0 aliphatic carbocycles. The monoisotopic (exact) mass is 566 g/mol. The van der Waals surface area contributed by atoms with Gasteiger partial charge in [-0.25, -0.2) is 0 Å². The average Bonchev–Trinajstić information content (AvgIpc) is 3.03. The van der Waals surface area contributed by atoms with E-state index in [4.69, 9.17) is 28.2 Å². The molecule has 0 saturated carbocycles. The number of ether oxygens (including phenoxy) is 3. The van der Waals surface area contributed by atoms with E-state index in [1.165, 1.54) is 0 Å². The molecule has 0 spiro atoms. The number of rotatable bonds is 12. The Hall–Kier alpha value is -5.82. The van der Waals surface area contributed by atoms with E-state index in [2.05, 4.69) is 0 Å². The van der Waals surface area contributed by atoms with Gasteiger partial charge in [-0.1, -0.05) is 72.8 Å². The predicted octanol–water partition coefficient (Wildman–Crippen LogP) is 9.59. The largest absolute Gasteiger partial charge is 0.864 e. The number of hydrogen-bond acceptors (Lipinski definition) is 6. The van der Waals surface area contributed by atoms with Crippen LogP contribution in [-0.4, -0.2) is 7.32 Å². The van der Waals surface area contributed by atoms with Crippen molar-refractivity contribution in [3.05, 3.63) is 164 Å². The molecular weight excluding hydrogens is 539 g/mol. The standard InChI is InChI=1S/C36H27BO6/c1-4-13-28(14-5-1)38-31-19-10-22-34(25-31)41-37(42-35-23-11-20-32(26-35)39-29-15-6-2-7-16-29)43-36-24-12-21-33(27-36)40-30-17-8-3-9-18-30/h1-27H. The van der Waals surface area contributed by atoms with Crippen molar-refractivity contribution in [3.8, 4) is 51.7 Å². The third-order valence-corrected chi connectivity index (χ3v) is 6.05. The highest BCUT2D eigenvalue weighted by molar-refractivity contribution is 6.39. The Morgan fingerprint density at radius 1 is 0.256 bits per heavy atom. The lowest BCUT2D eigenvalue weighted by molar-refractivity contribution is 0.305. The van der Waals surface area contributed by atoms with Gasteiger partial charge in [0, 0.05) is 18.2 Å². The van der Waals surface area contributed by atoms with Crippen LogP contribution >= 0.6 is 0 Å². The van der Waals surface area contributed by atoms with Crippen LogP contribution in [0.5, 0.6) is 51.7 Å². The normalized spacial score (nSPS) is 10.3. The van der Waals surface area contributed by atoms with Crippen LogP contribution in [0.4, 0.5) is 0 Å². The van der Waals surface area contributed by atoms with Crippen LogP contribution < -0.4 is 28.2 Å². The molecule has 210 valence electrons. The van der Waals surface area contributed by atoms with Gasteiger partial charge in [0.25, 0.3) is 0 Å². The Balaban J connectivity index is 1.23. The maximum absolute atomic E-state index is 6.21. The van der Waals surface area contributed by atoms with Gasteiger partial charge in [0.2, 0.25) is 0 Å². The summed E-state index contributed by atoms with van der Waals surface area (Å²) in [5.41, 5.74) is 0. The van der Waals surface area contributed by atoms with Crippen molar-refractivity contribution in [2.24, 2.45) is 0 Å². The number of hydrogen-bond donors (Lipinski definition) is 0. The van der Waals surface area contributed by atoms with Gasteiger partial charge in [-0.3, -0.25) is 0 Å². The second kappa shape index (κ2) is 13.7. The lowest BCUT2D eigenvalue weighted by Gasteiger charge is -2.18. The summed E-state index contributed by atoms with van der Waals surface area (Å²) in [5, 5.41) is 0. The van der Waals surface area contributed by atoms with Crippen molar-refractivity contribution in [3.63, 3.8) is 0 Å². The molecular formula is C36H27BO6. The quantitative estimate of drug-likeness (QED) is 0.138. The molecule has 0 atom stereocenters. The molecule has 0 unspecified atom stereocenters. The second-order valence-electron chi connectivity index (χ2n) is 9.31. The average molecular weight is 566 g/mol. The van der Waals surface area contributed by atoms with Gasteiger partial charge in [0.1, 0.15) is 51.7 Å². The van der Waals surface area contributed by atoms with Crippen molar-refractivity contribution < 1.29 is 28.2 Å². The fourth-order valence-corrected chi connectivity index (χ4v) is 4.11. The summed E-state index contributed by atoms with van der Waals surface area (Å²) in [6.45, 7) is 0. The second-order valence-corrected chi connectivity index (χ2v) is 9.31. The summed E-state index contributed by atoms with van der Waals surface area (Å²) in [5.74, 6) is 5.46. The van der Waals surface area contributed by atoms with Gasteiger partial charge in [-0.15, -0.1) is 0 Å². The zero-order valence-corrected chi connectivity index (χ0v) is 23.1. The SMILES string of the molecule is c1ccc(Oc2cccc(OB(Oc3cccc(Oc4ccccc4)c3)Oc3cccc(Oc4ccccc4)c3)c2)cc1. The zero-order chi connectivity index (χ0) is 29.1. The predicted molar refractivity (Wildman–Crippen MR) is 167 cm³/mol. The highest BCUT2D eigenvalue weighted by Gasteiger charge is 2.31. The summed E-state index contributed by atoms with van der Waals surface area (Å²) < 4.78 is 36.6. The topological polar surface area (TPSA) is 55.4 Å². The summed E-state index contributed by atoms with van der Waals surface area (Å²) >= 11 is 0. The molecule has 0 aromatic heterocycles. The molecule has 7 heteroatoms. The van der Waals surface area contributed by atoms with Crippen LogP contribution in [-0.2, 0) is 0 Å². The Morgan fingerprint density at radius 2 is 0.512 bits per heavy atom. The van der Waals surface area contributed by atoms with E-state index in [1.54, 1.807) is 36.4 Å². The van der Waals surface area contributed by atoms with E-state index < -0.39 is 7.32 Å². The first-order valence-corrected chi connectivity index (χ1v) is 13.7. The molecule has 0 saturated heterocycles. The van der Waals surface area contributed by atoms with E-state index in [1.807, 2.05) is 127 Å². The summed E-state index contributed by atoms with van der Waals surface area (Å²) in [7, 11) is -1.16. The molecule has 0 N–H and O–H groups in total. The van der Waals surface area contributed by atoms with E-state index in [0.29, 0.717) is 51.7 Å². The molecule has 0 bridgehead atoms. The summed E-state index contributed by atoms with van der Waals surface area (Å²) in [4.78, 5) is 0. The highest BCUT2D eigenvalue weighted by Crippen LogP contribution is 2.30. The number of para-hydroxylation sites is 3. The van der Waals surface area contributed by atoms with Crippen molar-refractivity contribution in [1.82, 2.24) is 0 Å². The Morgan fingerprint density at radius 3 is 0.814 bits per heavy atom. The molecule has 6 nitrogen and oxygen atoms in total.